The van der Waals surface area contributed by atoms with Crippen molar-refractivity contribution in [1.29, 1.82) is 0 Å². The normalized spacial score (nSPS) is 16.6. The summed E-state index contributed by atoms with van der Waals surface area (Å²) in [6, 6.07) is 14.7. The van der Waals surface area contributed by atoms with E-state index in [-0.39, 0.29) is 35.5 Å². The van der Waals surface area contributed by atoms with Gasteiger partial charge in [-0.05, 0) is 54.5 Å². The second-order valence-electron chi connectivity index (χ2n) is 8.84. The summed E-state index contributed by atoms with van der Waals surface area (Å²) in [6.45, 7) is 4.37. The summed E-state index contributed by atoms with van der Waals surface area (Å²) in [5, 5.41) is 0. The third-order valence-corrected chi connectivity index (χ3v) is 7.94. The van der Waals surface area contributed by atoms with Gasteiger partial charge in [-0.3, -0.25) is 9.59 Å². The minimum absolute atomic E-state index is 0.0394. The monoisotopic (exact) mass is 469 g/mol. The molecule has 2 aliphatic rings. The lowest BCUT2D eigenvalue weighted by atomic mass is 10.0. The summed E-state index contributed by atoms with van der Waals surface area (Å²) >= 11 is 0. The number of carbonyl (C=O) groups excluding carboxylic acids is 2. The van der Waals surface area contributed by atoms with Crippen molar-refractivity contribution < 1.29 is 18.0 Å². The Balaban J connectivity index is 1.37. The standard InChI is InChI=1S/C25H31N3O4S/c1-19(20-7-3-2-4-8-20)18-26-33(31,32)22-9-10-23-21(17-22)13-16-28(23)25(30)12-11-24(29)27-14-5-6-15-27/h2-4,7-10,17,19,26H,5-6,11-16,18H2,1H3/t19-/m1/s1. The Morgan fingerprint density at radius 2 is 1.67 bits per heavy atom. The lowest BCUT2D eigenvalue weighted by Gasteiger charge is -2.19. The quantitative estimate of drug-likeness (QED) is 0.644. The molecule has 2 aromatic carbocycles. The fraction of sp³-hybridized carbons (Fsp3) is 0.440. The molecule has 2 amide bonds. The number of hydrogen-bond acceptors (Lipinski definition) is 4. The van der Waals surface area contributed by atoms with Crippen LogP contribution in [0.1, 0.15) is 49.7 Å². The Morgan fingerprint density at radius 3 is 2.39 bits per heavy atom. The van der Waals surface area contributed by atoms with Crippen LogP contribution >= 0.6 is 0 Å². The molecule has 1 saturated heterocycles. The van der Waals surface area contributed by atoms with Gasteiger partial charge in [-0.1, -0.05) is 37.3 Å². The highest BCUT2D eigenvalue weighted by Gasteiger charge is 2.28. The molecule has 176 valence electrons. The van der Waals surface area contributed by atoms with Crippen LogP contribution in [-0.2, 0) is 26.0 Å². The van der Waals surface area contributed by atoms with Crippen LogP contribution < -0.4 is 9.62 Å². The molecule has 0 aromatic heterocycles. The summed E-state index contributed by atoms with van der Waals surface area (Å²) in [7, 11) is -3.66. The predicted octanol–water partition coefficient (Wildman–Crippen LogP) is 3.06. The molecular formula is C25H31N3O4S. The summed E-state index contributed by atoms with van der Waals surface area (Å²) in [5.74, 6) is -0.00369. The molecule has 4 rings (SSSR count). The van der Waals surface area contributed by atoms with Crippen molar-refractivity contribution >= 4 is 27.5 Å². The van der Waals surface area contributed by atoms with Crippen molar-refractivity contribution in [2.75, 3.05) is 31.1 Å². The number of sulfonamides is 1. The fourth-order valence-electron chi connectivity index (χ4n) is 4.50. The number of amides is 2. The number of nitrogens with zero attached hydrogens (tertiary/aromatic N) is 2. The Hall–Kier alpha value is -2.71. The van der Waals surface area contributed by atoms with Crippen molar-refractivity contribution in [1.82, 2.24) is 9.62 Å². The van der Waals surface area contributed by atoms with Crippen molar-refractivity contribution in [3.63, 3.8) is 0 Å². The Labute approximate surface area is 195 Å². The van der Waals surface area contributed by atoms with E-state index in [9.17, 15) is 18.0 Å². The van der Waals surface area contributed by atoms with Gasteiger partial charge in [0.1, 0.15) is 0 Å². The predicted molar refractivity (Wildman–Crippen MR) is 128 cm³/mol. The van der Waals surface area contributed by atoms with Crippen LogP contribution in [0, 0.1) is 0 Å². The zero-order valence-corrected chi connectivity index (χ0v) is 19.8. The van der Waals surface area contributed by atoms with Crippen molar-refractivity contribution in [3.05, 3.63) is 59.7 Å². The third-order valence-electron chi connectivity index (χ3n) is 6.52. The Bertz CT molecular complexity index is 1110. The van der Waals surface area contributed by atoms with Crippen LogP contribution in [0.25, 0.3) is 0 Å². The highest BCUT2D eigenvalue weighted by molar-refractivity contribution is 7.89. The van der Waals surface area contributed by atoms with Crippen LogP contribution in [0.4, 0.5) is 5.69 Å². The summed E-state index contributed by atoms with van der Waals surface area (Å²) < 4.78 is 28.4. The lowest BCUT2D eigenvalue weighted by molar-refractivity contribution is -0.132. The van der Waals surface area contributed by atoms with Gasteiger partial charge in [-0.15, -0.1) is 0 Å². The van der Waals surface area contributed by atoms with E-state index in [0.29, 0.717) is 19.5 Å². The minimum Gasteiger partial charge on any atom is -0.343 e. The molecule has 8 heteroatoms. The molecule has 7 nitrogen and oxygen atoms in total. The molecule has 2 heterocycles. The van der Waals surface area contributed by atoms with Gasteiger partial charge in [0.15, 0.2) is 0 Å². The van der Waals surface area contributed by atoms with E-state index in [4.69, 9.17) is 0 Å². The number of likely N-dealkylation sites (tertiary alicyclic amines) is 1. The van der Waals surface area contributed by atoms with Crippen molar-refractivity contribution in [2.45, 2.75) is 49.8 Å². The molecule has 1 fully saturated rings. The first kappa shape index (κ1) is 23.4. The maximum atomic E-state index is 12.9. The van der Waals surface area contributed by atoms with E-state index in [2.05, 4.69) is 4.72 Å². The van der Waals surface area contributed by atoms with E-state index < -0.39 is 10.0 Å². The summed E-state index contributed by atoms with van der Waals surface area (Å²) in [5.41, 5.74) is 2.66. The van der Waals surface area contributed by atoms with Crippen LogP contribution in [0.5, 0.6) is 0 Å². The second kappa shape index (κ2) is 10.1. The van der Waals surface area contributed by atoms with Crippen LogP contribution in [0.15, 0.2) is 53.4 Å². The molecule has 2 aromatic rings. The molecule has 1 atom stereocenters. The first-order valence-electron chi connectivity index (χ1n) is 11.6. The SMILES string of the molecule is C[C@H](CNS(=O)(=O)c1ccc2c(c1)CCN2C(=O)CCC(=O)N1CCCC1)c1ccccc1. The fourth-order valence-corrected chi connectivity index (χ4v) is 5.68. The molecule has 0 saturated carbocycles. The molecule has 2 aliphatic heterocycles. The summed E-state index contributed by atoms with van der Waals surface area (Å²) in [6.07, 6.45) is 3.06. The van der Waals surface area contributed by atoms with Gasteiger partial charge in [0.05, 0.1) is 4.90 Å². The molecule has 1 N–H and O–H groups in total. The van der Waals surface area contributed by atoms with Gasteiger partial charge in [0, 0.05) is 44.7 Å². The first-order valence-corrected chi connectivity index (χ1v) is 13.1. The van der Waals surface area contributed by atoms with Gasteiger partial charge in [0.25, 0.3) is 0 Å². The van der Waals surface area contributed by atoms with Gasteiger partial charge in [0.2, 0.25) is 21.8 Å². The summed E-state index contributed by atoms with van der Waals surface area (Å²) in [4.78, 5) is 28.7. The van der Waals surface area contributed by atoms with Crippen molar-refractivity contribution in [2.24, 2.45) is 0 Å². The molecular weight excluding hydrogens is 438 g/mol. The largest absolute Gasteiger partial charge is 0.343 e. The number of hydrogen-bond donors (Lipinski definition) is 1. The number of anilines is 1. The Morgan fingerprint density at radius 1 is 0.970 bits per heavy atom. The van der Waals surface area contributed by atoms with E-state index >= 15 is 0 Å². The second-order valence-corrected chi connectivity index (χ2v) is 10.6. The molecule has 0 bridgehead atoms. The molecule has 0 radical (unpaired) electrons. The molecule has 0 spiro atoms. The zero-order chi connectivity index (χ0) is 23.4. The first-order chi connectivity index (χ1) is 15.8. The molecule has 0 aliphatic carbocycles. The average Bonchev–Trinajstić information content (AvgIpc) is 3.51. The highest BCUT2D eigenvalue weighted by Crippen LogP contribution is 2.31. The van der Waals surface area contributed by atoms with Crippen LogP contribution in [0.3, 0.4) is 0 Å². The number of rotatable bonds is 8. The maximum Gasteiger partial charge on any atom is 0.240 e. The number of carbonyl (C=O) groups is 2. The zero-order valence-electron chi connectivity index (χ0n) is 19.0. The van der Waals surface area contributed by atoms with Gasteiger partial charge in [-0.2, -0.15) is 0 Å². The van der Waals surface area contributed by atoms with E-state index in [1.165, 1.54) is 0 Å². The maximum absolute atomic E-state index is 12.9. The molecule has 33 heavy (non-hydrogen) atoms. The van der Waals surface area contributed by atoms with Crippen molar-refractivity contribution in [3.8, 4) is 0 Å². The van der Waals surface area contributed by atoms with Crippen LogP contribution in [0.2, 0.25) is 0 Å². The van der Waals surface area contributed by atoms with Gasteiger partial charge in [-0.25, -0.2) is 13.1 Å². The number of nitrogens with one attached hydrogen (secondary N) is 1. The van der Waals surface area contributed by atoms with Crippen LogP contribution in [-0.4, -0.2) is 51.3 Å². The van der Waals surface area contributed by atoms with E-state index in [0.717, 1.165) is 42.7 Å². The number of benzene rings is 2. The third kappa shape index (κ3) is 5.45. The minimum atomic E-state index is -3.66. The number of fused-ring (bicyclic) bond motifs is 1. The smallest absolute Gasteiger partial charge is 0.240 e. The van der Waals surface area contributed by atoms with E-state index in [1.54, 1.807) is 23.1 Å². The van der Waals surface area contributed by atoms with E-state index in [1.807, 2.05) is 42.2 Å². The average molecular weight is 470 g/mol. The van der Waals surface area contributed by atoms with Gasteiger partial charge < -0.3 is 9.80 Å². The molecule has 0 unspecified atom stereocenters. The van der Waals surface area contributed by atoms with Gasteiger partial charge >= 0.3 is 0 Å². The highest BCUT2D eigenvalue weighted by atomic mass is 32.2. The lowest BCUT2D eigenvalue weighted by Crippen LogP contribution is -2.32. The topological polar surface area (TPSA) is 86.8 Å². The Kier molecular flexibility index (Phi) is 7.14.